The molecule has 102 valence electrons. The van der Waals surface area contributed by atoms with Crippen LogP contribution in [0.2, 0.25) is 5.02 Å². The first-order valence-corrected chi connectivity index (χ1v) is 7.49. The average molecular weight is 307 g/mol. The summed E-state index contributed by atoms with van der Waals surface area (Å²) in [5.41, 5.74) is 1.32. The van der Waals surface area contributed by atoms with Crippen LogP contribution >= 0.6 is 22.9 Å². The second-order valence-corrected chi connectivity index (χ2v) is 5.99. The van der Waals surface area contributed by atoms with E-state index in [1.165, 1.54) is 6.07 Å². The number of hydrogen-bond acceptors (Lipinski definition) is 2. The van der Waals surface area contributed by atoms with Gasteiger partial charge in [0.05, 0.1) is 6.10 Å². The van der Waals surface area contributed by atoms with Gasteiger partial charge in [0.15, 0.2) is 0 Å². The van der Waals surface area contributed by atoms with Gasteiger partial charge in [0.2, 0.25) is 0 Å². The first-order chi connectivity index (χ1) is 9.65. The van der Waals surface area contributed by atoms with Crippen LogP contribution in [-0.4, -0.2) is 5.11 Å². The van der Waals surface area contributed by atoms with Crippen LogP contribution in [0.3, 0.4) is 0 Å². The number of halogens is 2. The Morgan fingerprint density at radius 2 is 2.00 bits per heavy atom. The monoisotopic (exact) mass is 306 g/mol. The maximum atomic E-state index is 13.8. The van der Waals surface area contributed by atoms with Crippen molar-refractivity contribution in [3.63, 3.8) is 0 Å². The fourth-order valence-electron chi connectivity index (χ4n) is 2.26. The minimum Gasteiger partial charge on any atom is -0.388 e. The Labute approximate surface area is 125 Å². The zero-order valence-corrected chi connectivity index (χ0v) is 12.1. The molecular formula is C16H12ClFOS. The summed E-state index contributed by atoms with van der Waals surface area (Å²) >= 11 is 7.31. The third-order valence-corrected chi connectivity index (χ3v) is 4.52. The van der Waals surface area contributed by atoms with Crippen LogP contribution in [0.1, 0.15) is 17.2 Å². The molecular weight excluding hydrogens is 295 g/mol. The Kier molecular flexibility index (Phi) is 3.74. The fraction of sp³-hybridized carbons (Fsp3) is 0.125. The van der Waals surface area contributed by atoms with Crippen molar-refractivity contribution in [2.75, 3.05) is 0 Å². The molecule has 1 aromatic heterocycles. The van der Waals surface area contributed by atoms with Gasteiger partial charge in [-0.05, 0) is 40.1 Å². The van der Waals surface area contributed by atoms with E-state index >= 15 is 0 Å². The topological polar surface area (TPSA) is 20.2 Å². The molecule has 4 heteroatoms. The van der Waals surface area contributed by atoms with E-state index in [4.69, 9.17) is 11.6 Å². The second kappa shape index (κ2) is 5.52. The number of thiophene rings is 1. The van der Waals surface area contributed by atoms with Gasteiger partial charge in [0.1, 0.15) is 5.82 Å². The lowest BCUT2D eigenvalue weighted by atomic mass is 10.0. The molecule has 0 aliphatic rings. The van der Waals surface area contributed by atoms with E-state index in [9.17, 15) is 9.50 Å². The average Bonchev–Trinajstić information content (AvgIpc) is 2.86. The highest BCUT2D eigenvalue weighted by Gasteiger charge is 2.15. The Hall–Kier alpha value is -1.42. The lowest BCUT2D eigenvalue weighted by molar-refractivity contribution is 0.179. The molecule has 0 saturated heterocycles. The quantitative estimate of drug-likeness (QED) is 0.724. The van der Waals surface area contributed by atoms with Gasteiger partial charge in [0, 0.05) is 16.1 Å². The summed E-state index contributed by atoms with van der Waals surface area (Å²) in [5, 5.41) is 13.7. The summed E-state index contributed by atoms with van der Waals surface area (Å²) in [6.45, 7) is 0. The van der Waals surface area contributed by atoms with Crippen molar-refractivity contribution in [1.29, 1.82) is 0 Å². The summed E-state index contributed by atoms with van der Waals surface area (Å²) in [5.74, 6) is -0.379. The molecule has 0 aliphatic carbocycles. The maximum Gasteiger partial charge on any atom is 0.127 e. The van der Waals surface area contributed by atoms with E-state index in [-0.39, 0.29) is 12.2 Å². The molecule has 3 rings (SSSR count). The van der Waals surface area contributed by atoms with Gasteiger partial charge in [-0.3, -0.25) is 0 Å². The second-order valence-electron chi connectivity index (χ2n) is 4.64. The maximum absolute atomic E-state index is 13.8. The third kappa shape index (κ3) is 2.57. The van der Waals surface area contributed by atoms with Crippen molar-refractivity contribution in [3.8, 4) is 0 Å². The predicted molar refractivity (Wildman–Crippen MR) is 81.9 cm³/mol. The van der Waals surface area contributed by atoms with Gasteiger partial charge in [0.25, 0.3) is 0 Å². The Bertz CT molecular complexity index is 753. The summed E-state index contributed by atoms with van der Waals surface area (Å²) in [6.07, 6.45) is -0.481. The van der Waals surface area contributed by atoms with E-state index in [2.05, 4.69) is 0 Å². The highest BCUT2D eigenvalue weighted by atomic mass is 35.5. The molecule has 20 heavy (non-hydrogen) atoms. The van der Waals surface area contributed by atoms with Crippen LogP contribution in [0.25, 0.3) is 10.1 Å². The van der Waals surface area contributed by atoms with Crippen molar-refractivity contribution in [1.82, 2.24) is 0 Å². The smallest absolute Gasteiger partial charge is 0.127 e. The van der Waals surface area contributed by atoms with E-state index < -0.39 is 6.10 Å². The van der Waals surface area contributed by atoms with E-state index in [0.717, 1.165) is 15.6 Å². The molecule has 0 fully saturated rings. The molecule has 0 amide bonds. The Balaban J connectivity index is 1.91. The van der Waals surface area contributed by atoms with E-state index in [0.29, 0.717) is 10.6 Å². The van der Waals surface area contributed by atoms with Crippen molar-refractivity contribution >= 4 is 33.0 Å². The van der Waals surface area contributed by atoms with Crippen molar-refractivity contribution < 1.29 is 9.50 Å². The highest BCUT2D eigenvalue weighted by Crippen LogP contribution is 2.32. The number of hydrogen-bond donors (Lipinski definition) is 1. The van der Waals surface area contributed by atoms with Crippen LogP contribution in [-0.2, 0) is 6.42 Å². The van der Waals surface area contributed by atoms with Crippen LogP contribution in [0, 0.1) is 5.82 Å². The minimum absolute atomic E-state index is 0.240. The van der Waals surface area contributed by atoms with Crippen molar-refractivity contribution in [2.24, 2.45) is 0 Å². The van der Waals surface area contributed by atoms with Crippen molar-refractivity contribution in [3.05, 3.63) is 69.8 Å². The first-order valence-electron chi connectivity index (χ1n) is 6.23. The number of fused-ring (bicyclic) bond motifs is 1. The first kappa shape index (κ1) is 13.6. The number of rotatable bonds is 3. The lowest BCUT2D eigenvalue weighted by Gasteiger charge is -2.11. The van der Waals surface area contributed by atoms with Crippen LogP contribution in [0.15, 0.2) is 47.8 Å². The molecule has 2 aromatic carbocycles. The summed E-state index contributed by atoms with van der Waals surface area (Å²) in [4.78, 5) is 0. The van der Waals surface area contributed by atoms with Gasteiger partial charge >= 0.3 is 0 Å². The van der Waals surface area contributed by atoms with Crippen molar-refractivity contribution in [2.45, 2.75) is 12.5 Å². The number of aliphatic hydroxyl groups is 1. The third-order valence-electron chi connectivity index (χ3n) is 3.30. The largest absolute Gasteiger partial charge is 0.388 e. The van der Waals surface area contributed by atoms with Gasteiger partial charge in [-0.2, -0.15) is 0 Å². The fourth-order valence-corrected chi connectivity index (χ4v) is 3.43. The predicted octanol–water partition coefficient (Wildman–Crippen LogP) is 4.97. The summed E-state index contributed by atoms with van der Waals surface area (Å²) < 4.78 is 14.9. The lowest BCUT2D eigenvalue weighted by Crippen LogP contribution is -2.02. The zero-order valence-electron chi connectivity index (χ0n) is 10.5. The van der Waals surface area contributed by atoms with Crippen LogP contribution < -0.4 is 0 Å². The summed E-state index contributed by atoms with van der Waals surface area (Å²) in [7, 11) is 0. The minimum atomic E-state index is -0.721. The van der Waals surface area contributed by atoms with Gasteiger partial charge in [-0.15, -0.1) is 11.3 Å². The van der Waals surface area contributed by atoms with Crippen LogP contribution in [0.4, 0.5) is 4.39 Å². The van der Waals surface area contributed by atoms with Gasteiger partial charge in [-0.25, -0.2) is 4.39 Å². The molecule has 0 aliphatic heterocycles. The molecule has 1 atom stereocenters. The molecule has 0 spiro atoms. The molecule has 0 saturated carbocycles. The molecule has 0 bridgehead atoms. The molecule has 0 radical (unpaired) electrons. The normalized spacial score (nSPS) is 12.8. The van der Waals surface area contributed by atoms with E-state index in [1.54, 1.807) is 23.5 Å². The standard InChI is InChI=1S/C16H12ClFOS/c17-11-6-5-10(14(18)8-11)7-15(19)13-9-20-16-4-2-1-3-12(13)16/h1-6,8-9,15,19H,7H2. The molecule has 1 heterocycles. The molecule has 1 nitrogen and oxygen atoms in total. The van der Waals surface area contributed by atoms with Gasteiger partial charge < -0.3 is 5.11 Å². The van der Waals surface area contributed by atoms with Crippen LogP contribution in [0.5, 0.6) is 0 Å². The zero-order chi connectivity index (χ0) is 14.1. The van der Waals surface area contributed by atoms with Gasteiger partial charge in [-0.1, -0.05) is 35.9 Å². The van der Waals surface area contributed by atoms with E-state index in [1.807, 2.05) is 29.6 Å². The Morgan fingerprint density at radius 1 is 1.20 bits per heavy atom. The highest BCUT2D eigenvalue weighted by molar-refractivity contribution is 7.17. The number of benzene rings is 2. The molecule has 1 unspecified atom stereocenters. The summed E-state index contributed by atoms with van der Waals surface area (Å²) in [6, 6.07) is 12.4. The molecule has 3 aromatic rings. The SMILES string of the molecule is OC(Cc1ccc(Cl)cc1F)c1csc2ccccc12. The number of aliphatic hydroxyl groups excluding tert-OH is 1. The Morgan fingerprint density at radius 3 is 2.80 bits per heavy atom. The molecule has 1 N–H and O–H groups in total.